The Labute approximate surface area is 491 Å². The molecule has 0 spiro atoms. The molecular formula is C69H127NO10. The fraction of sp³-hybridized carbons (Fsp3) is 0.855. The van der Waals surface area contributed by atoms with Crippen molar-refractivity contribution in [2.75, 3.05) is 13.2 Å². The number of hydrogen-bond donors (Lipinski definition) is 6. The minimum atomic E-state index is -1.61. The average molecular weight is 1130 g/mol. The first-order valence-electron chi connectivity index (χ1n) is 33.9. The quantitative estimate of drug-likeness (QED) is 0.0195. The smallest absolute Gasteiger partial charge is 0.306 e. The summed E-state index contributed by atoms with van der Waals surface area (Å²) in [5.74, 6) is -1.19. The fourth-order valence-corrected chi connectivity index (χ4v) is 10.6. The van der Waals surface area contributed by atoms with Crippen molar-refractivity contribution in [1.29, 1.82) is 0 Å². The molecule has 1 aliphatic heterocycles. The van der Waals surface area contributed by atoms with E-state index in [0.29, 0.717) is 12.8 Å². The van der Waals surface area contributed by atoms with Crippen molar-refractivity contribution in [3.63, 3.8) is 0 Å². The van der Waals surface area contributed by atoms with E-state index in [2.05, 4.69) is 62.5 Å². The lowest BCUT2D eigenvalue weighted by molar-refractivity contribution is -0.305. The second-order valence-electron chi connectivity index (χ2n) is 23.6. The molecule has 1 heterocycles. The maximum absolute atomic E-state index is 13.5. The molecule has 0 radical (unpaired) electrons. The third-order valence-corrected chi connectivity index (χ3v) is 16.0. The van der Waals surface area contributed by atoms with Gasteiger partial charge in [0.2, 0.25) is 5.91 Å². The van der Waals surface area contributed by atoms with E-state index in [1.807, 2.05) is 6.08 Å². The number of rotatable bonds is 58. The average Bonchev–Trinajstić information content (AvgIpc) is 3.45. The SMILES string of the molecule is CCCCC/C=C\C/C=C\C/C=C\CCCCCCCCCC(O)C(=O)NC(COC1OC(CO)C(O)C(O)C1OC(=O)CCCCCCCCCCCCCCCCCCCCC)C(O)/C=C/CCCCCCCCCCCC. The van der Waals surface area contributed by atoms with E-state index in [-0.39, 0.29) is 19.4 Å². The predicted octanol–water partition coefficient (Wildman–Crippen LogP) is 16.8. The van der Waals surface area contributed by atoms with Crippen LogP contribution in [0, 0.1) is 0 Å². The zero-order valence-corrected chi connectivity index (χ0v) is 52.0. The van der Waals surface area contributed by atoms with Crippen LogP contribution in [0.3, 0.4) is 0 Å². The van der Waals surface area contributed by atoms with Crippen LogP contribution < -0.4 is 5.32 Å². The van der Waals surface area contributed by atoms with Crippen LogP contribution >= 0.6 is 0 Å². The number of amides is 1. The van der Waals surface area contributed by atoms with Crippen molar-refractivity contribution in [3.8, 4) is 0 Å². The second-order valence-corrected chi connectivity index (χ2v) is 23.6. The lowest BCUT2D eigenvalue weighted by Crippen LogP contribution is -2.61. The minimum Gasteiger partial charge on any atom is -0.454 e. The van der Waals surface area contributed by atoms with Crippen LogP contribution in [-0.4, -0.2) is 99.6 Å². The molecule has 468 valence electrons. The molecule has 0 aromatic rings. The zero-order chi connectivity index (χ0) is 58.2. The van der Waals surface area contributed by atoms with Gasteiger partial charge < -0.3 is 45.1 Å². The summed E-state index contributed by atoms with van der Waals surface area (Å²) < 4.78 is 17.7. The van der Waals surface area contributed by atoms with Gasteiger partial charge in [-0.3, -0.25) is 9.59 Å². The molecule has 0 aliphatic carbocycles. The number of hydrogen-bond acceptors (Lipinski definition) is 10. The van der Waals surface area contributed by atoms with Gasteiger partial charge >= 0.3 is 5.97 Å². The van der Waals surface area contributed by atoms with Gasteiger partial charge in [-0.25, -0.2) is 0 Å². The van der Waals surface area contributed by atoms with Crippen LogP contribution in [0.15, 0.2) is 48.6 Å². The normalized spacial score (nSPS) is 19.0. The number of aliphatic hydroxyl groups excluding tert-OH is 5. The molecule has 1 saturated heterocycles. The van der Waals surface area contributed by atoms with Gasteiger partial charge in [0.1, 0.15) is 24.4 Å². The van der Waals surface area contributed by atoms with Gasteiger partial charge in [-0.15, -0.1) is 0 Å². The summed E-state index contributed by atoms with van der Waals surface area (Å²) in [6.45, 7) is 5.79. The third-order valence-electron chi connectivity index (χ3n) is 16.0. The van der Waals surface area contributed by atoms with E-state index in [9.17, 15) is 35.1 Å². The van der Waals surface area contributed by atoms with Crippen LogP contribution in [0.25, 0.3) is 0 Å². The molecule has 0 aromatic heterocycles. The van der Waals surface area contributed by atoms with Gasteiger partial charge in [0.25, 0.3) is 0 Å². The summed E-state index contributed by atoms with van der Waals surface area (Å²) in [5, 5.41) is 57.1. The molecule has 0 aromatic carbocycles. The molecule has 6 N–H and O–H groups in total. The Morgan fingerprint density at radius 2 is 0.863 bits per heavy atom. The lowest BCUT2D eigenvalue weighted by atomic mass is 9.99. The Balaban J connectivity index is 2.62. The van der Waals surface area contributed by atoms with Crippen molar-refractivity contribution in [2.24, 2.45) is 0 Å². The Kier molecular flexibility index (Phi) is 54.0. The first-order valence-corrected chi connectivity index (χ1v) is 33.9. The Morgan fingerprint density at radius 1 is 0.487 bits per heavy atom. The summed E-state index contributed by atoms with van der Waals surface area (Å²) in [4.78, 5) is 26.6. The van der Waals surface area contributed by atoms with Gasteiger partial charge in [-0.05, 0) is 64.2 Å². The number of carbonyl (C=O) groups excluding carboxylic acids is 2. The highest BCUT2D eigenvalue weighted by Crippen LogP contribution is 2.26. The molecule has 11 heteroatoms. The first kappa shape index (κ1) is 75.6. The molecule has 1 aliphatic rings. The Hall–Kier alpha value is -2.38. The lowest BCUT2D eigenvalue weighted by Gasteiger charge is -2.41. The second kappa shape index (κ2) is 57.1. The standard InChI is InChI=1S/C69H127NO10/c1-4-7-10-13-16-19-22-25-27-29-31-33-34-36-38-41-44-47-50-53-56-62(73)68(77)70-60(61(72)55-52-49-46-43-40-24-21-18-15-12-9-6-3)59-78-69-67(66(76)65(75)63(58-71)79-69)80-64(74)57-54-51-48-45-42-39-37-35-32-30-28-26-23-20-17-14-11-8-5-2/h16,19,25,27,31,33,52,55,60-63,65-67,69,71-73,75-76H,4-15,17-18,20-24,26,28-30,32,34-51,53-54,56-59H2,1-3H3,(H,70,77)/b19-16-,27-25-,33-31-,55-52+. The van der Waals surface area contributed by atoms with Crippen molar-refractivity contribution in [3.05, 3.63) is 48.6 Å². The third kappa shape index (κ3) is 44.2. The first-order chi connectivity index (χ1) is 39.2. The minimum absolute atomic E-state index is 0.127. The summed E-state index contributed by atoms with van der Waals surface area (Å²) >= 11 is 0. The molecule has 1 amide bonds. The summed E-state index contributed by atoms with van der Waals surface area (Å²) in [7, 11) is 0. The van der Waals surface area contributed by atoms with Gasteiger partial charge in [-0.2, -0.15) is 0 Å². The van der Waals surface area contributed by atoms with Crippen LogP contribution in [0.5, 0.6) is 0 Å². The topological polar surface area (TPSA) is 175 Å². The largest absolute Gasteiger partial charge is 0.454 e. The number of nitrogens with one attached hydrogen (secondary N) is 1. The fourth-order valence-electron chi connectivity index (χ4n) is 10.6. The summed E-state index contributed by atoms with van der Waals surface area (Å²) in [6, 6.07) is -1.03. The van der Waals surface area contributed by atoms with Crippen molar-refractivity contribution in [2.45, 2.75) is 365 Å². The van der Waals surface area contributed by atoms with E-state index in [4.69, 9.17) is 14.2 Å². The molecule has 11 nitrogen and oxygen atoms in total. The molecule has 80 heavy (non-hydrogen) atoms. The van der Waals surface area contributed by atoms with Gasteiger partial charge in [0, 0.05) is 6.42 Å². The Bertz CT molecular complexity index is 1490. The highest BCUT2D eigenvalue weighted by atomic mass is 16.7. The van der Waals surface area contributed by atoms with Gasteiger partial charge in [0.15, 0.2) is 12.4 Å². The molecule has 8 unspecified atom stereocenters. The van der Waals surface area contributed by atoms with E-state index in [1.54, 1.807) is 6.08 Å². The van der Waals surface area contributed by atoms with Crippen LogP contribution in [0.1, 0.15) is 316 Å². The van der Waals surface area contributed by atoms with Gasteiger partial charge in [-0.1, -0.05) is 294 Å². The molecule has 8 atom stereocenters. The van der Waals surface area contributed by atoms with E-state index < -0.39 is 67.4 Å². The number of allylic oxidation sites excluding steroid dienone is 7. The maximum Gasteiger partial charge on any atom is 0.306 e. The van der Waals surface area contributed by atoms with Crippen molar-refractivity contribution in [1.82, 2.24) is 5.32 Å². The number of carbonyl (C=O) groups is 2. The highest BCUT2D eigenvalue weighted by Gasteiger charge is 2.47. The predicted molar refractivity (Wildman–Crippen MR) is 334 cm³/mol. The van der Waals surface area contributed by atoms with Crippen LogP contribution in [-0.2, 0) is 23.8 Å². The number of unbranched alkanes of at least 4 members (excludes halogenated alkanes) is 38. The van der Waals surface area contributed by atoms with Crippen molar-refractivity contribution < 1.29 is 49.3 Å². The number of aliphatic hydroxyl groups is 5. The van der Waals surface area contributed by atoms with Crippen LogP contribution in [0.4, 0.5) is 0 Å². The van der Waals surface area contributed by atoms with E-state index in [0.717, 1.165) is 83.5 Å². The van der Waals surface area contributed by atoms with Crippen molar-refractivity contribution >= 4 is 11.9 Å². The number of esters is 1. The molecule has 1 fully saturated rings. The van der Waals surface area contributed by atoms with E-state index >= 15 is 0 Å². The summed E-state index contributed by atoms with van der Waals surface area (Å²) in [5.41, 5.74) is 0. The molecule has 0 saturated carbocycles. The summed E-state index contributed by atoms with van der Waals surface area (Å²) in [6.07, 6.45) is 60.0. The Morgan fingerprint density at radius 3 is 1.31 bits per heavy atom. The molecular weight excluding hydrogens is 1000 g/mol. The molecule has 0 bridgehead atoms. The van der Waals surface area contributed by atoms with E-state index in [1.165, 1.54) is 186 Å². The number of ether oxygens (including phenoxy) is 3. The van der Waals surface area contributed by atoms with Crippen LogP contribution in [0.2, 0.25) is 0 Å². The molecule has 1 rings (SSSR count). The van der Waals surface area contributed by atoms with Gasteiger partial charge in [0.05, 0.1) is 25.4 Å². The maximum atomic E-state index is 13.5. The highest BCUT2D eigenvalue weighted by molar-refractivity contribution is 5.80. The zero-order valence-electron chi connectivity index (χ0n) is 52.0. The monoisotopic (exact) mass is 1130 g/mol.